The smallest absolute Gasteiger partial charge is 0.220 e. The summed E-state index contributed by atoms with van der Waals surface area (Å²) in [5, 5.41) is 6.11. The molecule has 0 aliphatic carbocycles. The van der Waals surface area contributed by atoms with Crippen molar-refractivity contribution >= 4 is 35.8 Å². The lowest BCUT2D eigenvalue weighted by atomic mass is 9.93. The average Bonchev–Trinajstić information content (AvgIpc) is 3.17. The summed E-state index contributed by atoms with van der Waals surface area (Å²) in [4.78, 5) is 18.6. The molecule has 27 heavy (non-hydrogen) atoms. The van der Waals surface area contributed by atoms with E-state index < -0.39 is 0 Å². The van der Waals surface area contributed by atoms with Crippen LogP contribution in [0.5, 0.6) is 0 Å². The number of halogens is 1. The molecule has 2 saturated heterocycles. The van der Waals surface area contributed by atoms with Gasteiger partial charge in [0, 0.05) is 52.9 Å². The second-order valence-corrected chi connectivity index (χ2v) is 7.11. The van der Waals surface area contributed by atoms with Crippen LogP contribution < -0.4 is 10.6 Å². The first kappa shape index (κ1) is 24.4. The van der Waals surface area contributed by atoms with E-state index in [4.69, 9.17) is 14.5 Å². The van der Waals surface area contributed by atoms with E-state index in [0.29, 0.717) is 25.0 Å². The molecular weight excluding hydrogens is 459 g/mol. The molecule has 0 aromatic rings. The van der Waals surface area contributed by atoms with Gasteiger partial charge >= 0.3 is 0 Å². The van der Waals surface area contributed by atoms with Crippen molar-refractivity contribution in [1.82, 2.24) is 15.5 Å². The Labute approximate surface area is 181 Å². The molecule has 1 amide bonds. The number of ether oxygens (including phenoxy) is 2. The maximum absolute atomic E-state index is 11.5. The molecule has 0 aromatic carbocycles. The van der Waals surface area contributed by atoms with Crippen molar-refractivity contribution in [2.45, 2.75) is 51.6 Å². The van der Waals surface area contributed by atoms with Crippen LogP contribution in [0, 0.1) is 5.92 Å². The van der Waals surface area contributed by atoms with Gasteiger partial charge in [0.05, 0.1) is 12.7 Å². The van der Waals surface area contributed by atoms with E-state index in [-0.39, 0.29) is 29.9 Å². The number of hydrogen-bond acceptors (Lipinski definition) is 4. The normalized spacial score (nSPS) is 21.0. The summed E-state index contributed by atoms with van der Waals surface area (Å²) in [6.07, 6.45) is 6.23. The number of nitrogens with zero attached hydrogens (tertiary/aromatic N) is 2. The summed E-state index contributed by atoms with van der Waals surface area (Å²) < 4.78 is 11.3. The number of guanidine groups is 1. The predicted molar refractivity (Wildman–Crippen MR) is 119 cm³/mol. The van der Waals surface area contributed by atoms with Crippen molar-refractivity contribution in [1.29, 1.82) is 0 Å². The number of amides is 1. The quantitative estimate of drug-likeness (QED) is 0.221. The maximum Gasteiger partial charge on any atom is 0.220 e. The highest BCUT2D eigenvalue weighted by Gasteiger charge is 2.23. The number of rotatable bonds is 9. The van der Waals surface area contributed by atoms with Crippen molar-refractivity contribution in [2.75, 3.05) is 53.0 Å². The van der Waals surface area contributed by atoms with Gasteiger partial charge in [-0.25, -0.2) is 0 Å². The molecule has 0 saturated carbocycles. The first-order valence-electron chi connectivity index (χ1n) is 10.2. The lowest BCUT2D eigenvalue weighted by Gasteiger charge is -2.34. The van der Waals surface area contributed by atoms with E-state index in [1.54, 1.807) is 7.05 Å². The van der Waals surface area contributed by atoms with Crippen molar-refractivity contribution in [3.63, 3.8) is 0 Å². The van der Waals surface area contributed by atoms with Gasteiger partial charge < -0.3 is 25.0 Å². The molecule has 0 aromatic heterocycles. The summed E-state index contributed by atoms with van der Waals surface area (Å²) in [6, 6.07) is 0. The molecule has 8 heteroatoms. The van der Waals surface area contributed by atoms with E-state index in [0.717, 1.165) is 77.5 Å². The largest absolute Gasteiger partial charge is 0.379 e. The molecule has 2 rings (SSSR count). The molecule has 2 N–H and O–H groups in total. The Morgan fingerprint density at radius 2 is 2.07 bits per heavy atom. The van der Waals surface area contributed by atoms with E-state index in [1.807, 2.05) is 0 Å². The summed E-state index contributed by atoms with van der Waals surface area (Å²) in [6.45, 7) is 7.98. The van der Waals surface area contributed by atoms with Gasteiger partial charge in [0.1, 0.15) is 0 Å². The van der Waals surface area contributed by atoms with Crippen LogP contribution in [-0.4, -0.2) is 75.9 Å². The molecule has 0 radical (unpaired) electrons. The highest BCUT2D eigenvalue weighted by molar-refractivity contribution is 14.0. The monoisotopic (exact) mass is 496 g/mol. The van der Waals surface area contributed by atoms with Crippen molar-refractivity contribution in [3.8, 4) is 0 Å². The number of hydrogen-bond donors (Lipinski definition) is 2. The zero-order valence-electron chi connectivity index (χ0n) is 16.9. The summed E-state index contributed by atoms with van der Waals surface area (Å²) in [5.74, 6) is 1.62. The van der Waals surface area contributed by atoms with Crippen LogP contribution in [0.25, 0.3) is 0 Å². The Bertz CT molecular complexity index is 437. The molecule has 7 nitrogen and oxygen atoms in total. The third kappa shape index (κ3) is 9.43. The number of likely N-dealkylation sites (tertiary alicyclic amines) is 1. The van der Waals surface area contributed by atoms with Crippen LogP contribution in [0.3, 0.4) is 0 Å². The first-order chi connectivity index (χ1) is 12.7. The van der Waals surface area contributed by atoms with Crippen LogP contribution in [0.2, 0.25) is 0 Å². The molecule has 0 bridgehead atoms. The fourth-order valence-corrected chi connectivity index (χ4v) is 3.48. The third-order valence-electron chi connectivity index (χ3n) is 5.04. The second-order valence-electron chi connectivity index (χ2n) is 7.11. The minimum Gasteiger partial charge on any atom is -0.379 e. The SMILES string of the molecule is CCNC(=NCCCOCC1CCCO1)N1CCC(CC(=O)NC)CC1.I. The van der Waals surface area contributed by atoms with Crippen molar-refractivity contribution in [3.05, 3.63) is 0 Å². The Morgan fingerprint density at radius 3 is 2.70 bits per heavy atom. The van der Waals surface area contributed by atoms with E-state index in [1.165, 1.54) is 0 Å². The van der Waals surface area contributed by atoms with Gasteiger partial charge in [-0.1, -0.05) is 0 Å². The van der Waals surface area contributed by atoms with Gasteiger partial charge in [0.25, 0.3) is 0 Å². The zero-order valence-corrected chi connectivity index (χ0v) is 19.2. The minimum absolute atomic E-state index is 0. The van der Waals surface area contributed by atoms with Crippen LogP contribution in [0.1, 0.15) is 45.4 Å². The van der Waals surface area contributed by atoms with Crippen LogP contribution in [-0.2, 0) is 14.3 Å². The fraction of sp³-hybridized carbons (Fsp3) is 0.895. The average molecular weight is 496 g/mol. The number of nitrogens with one attached hydrogen (secondary N) is 2. The standard InChI is InChI=1S/C19H36N4O3.HI/c1-3-21-19(22-9-5-12-25-15-17-6-4-13-26-17)23-10-7-16(8-11-23)14-18(24)20-2;/h16-17H,3-15H2,1-2H3,(H,20,24)(H,21,22);1H. The van der Waals surface area contributed by atoms with Gasteiger partial charge in [-0.05, 0) is 44.9 Å². The lowest BCUT2D eigenvalue weighted by Crippen LogP contribution is -2.46. The molecule has 158 valence electrons. The minimum atomic E-state index is 0. The Hall–Kier alpha value is -0.610. The molecule has 2 fully saturated rings. The predicted octanol–water partition coefficient (Wildman–Crippen LogP) is 2.00. The number of piperidine rings is 1. The molecule has 1 unspecified atom stereocenters. The number of carbonyl (C=O) groups is 1. The summed E-state index contributed by atoms with van der Waals surface area (Å²) >= 11 is 0. The van der Waals surface area contributed by atoms with Gasteiger partial charge in [-0.15, -0.1) is 24.0 Å². The number of aliphatic imine (C=N–C) groups is 1. The topological polar surface area (TPSA) is 75.2 Å². The lowest BCUT2D eigenvalue weighted by molar-refractivity contribution is -0.121. The summed E-state index contributed by atoms with van der Waals surface area (Å²) in [7, 11) is 1.71. The van der Waals surface area contributed by atoms with Gasteiger partial charge in [-0.2, -0.15) is 0 Å². The maximum atomic E-state index is 11.5. The van der Waals surface area contributed by atoms with Crippen LogP contribution >= 0.6 is 24.0 Å². The zero-order chi connectivity index (χ0) is 18.6. The third-order valence-corrected chi connectivity index (χ3v) is 5.04. The number of carbonyl (C=O) groups excluding carboxylic acids is 1. The molecule has 0 spiro atoms. The molecule has 2 heterocycles. The van der Waals surface area contributed by atoms with E-state index >= 15 is 0 Å². The second kappa shape index (κ2) is 14.4. The molecular formula is C19H37IN4O3. The van der Waals surface area contributed by atoms with Gasteiger partial charge in [0.2, 0.25) is 5.91 Å². The molecule has 2 aliphatic rings. The highest BCUT2D eigenvalue weighted by Crippen LogP contribution is 2.20. The highest BCUT2D eigenvalue weighted by atomic mass is 127. The van der Waals surface area contributed by atoms with Crippen molar-refractivity contribution in [2.24, 2.45) is 10.9 Å². The first-order valence-corrected chi connectivity index (χ1v) is 10.2. The van der Waals surface area contributed by atoms with Crippen molar-refractivity contribution < 1.29 is 14.3 Å². The van der Waals surface area contributed by atoms with Crippen LogP contribution in [0.15, 0.2) is 4.99 Å². The Balaban J connectivity index is 0.00000364. The molecule has 2 aliphatic heterocycles. The van der Waals surface area contributed by atoms with Gasteiger partial charge in [0.15, 0.2) is 5.96 Å². The van der Waals surface area contributed by atoms with Crippen LogP contribution in [0.4, 0.5) is 0 Å². The van der Waals surface area contributed by atoms with Gasteiger partial charge in [-0.3, -0.25) is 9.79 Å². The molecule has 1 atom stereocenters. The fourth-order valence-electron chi connectivity index (χ4n) is 3.48. The Morgan fingerprint density at radius 1 is 1.30 bits per heavy atom. The van der Waals surface area contributed by atoms with E-state index in [9.17, 15) is 4.79 Å². The Kier molecular flexibility index (Phi) is 13.0. The summed E-state index contributed by atoms with van der Waals surface area (Å²) in [5.41, 5.74) is 0. The van der Waals surface area contributed by atoms with E-state index in [2.05, 4.69) is 22.5 Å².